The summed E-state index contributed by atoms with van der Waals surface area (Å²) in [5.74, 6) is 0.776. The van der Waals surface area contributed by atoms with Crippen LogP contribution in [0, 0.1) is 11.3 Å². The van der Waals surface area contributed by atoms with E-state index >= 15 is 0 Å². The summed E-state index contributed by atoms with van der Waals surface area (Å²) in [6, 6.07) is 0. The Morgan fingerprint density at radius 2 is 2.00 bits per heavy atom. The zero-order chi connectivity index (χ0) is 10.9. The molecule has 1 heterocycles. The van der Waals surface area contributed by atoms with E-state index in [0.717, 1.165) is 12.5 Å². The Morgan fingerprint density at radius 3 is 2.53 bits per heavy atom. The SMILES string of the molecule is CCN1CC2(CC(OCCC(C)C)C2)C1. The third-order valence-corrected chi connectivity index (χ3v) is 3.94. The van der Waals surface area contributed by atoms with Gasteiger partial charge in [0, 0.05) is 25.1 Å². The first-order valence-corrected chi connectivity index (χ1v) is 6.47. The maximum absolute atomic E-state index is 5.87. The van der Waals surface area contributed by atoms with Crippen LogP contribution in [0.5, 0.6) is 0 Å². The topological polar surface area (TPSA) is 12.5 Å². The highest BCUT2D eigenvalue weighted by molar-refractivity contribution is 5.04. The van der Waals surface area contributed by atoms with Gasteiger partial charge in [-0.1, -0.05) is 20.8 Å². The van der Waals surface area contributed by atoms with Crippen molar-refractivity contribution in [3.8, 4) is 0 Å². The molecular weight excluding hydrogens is 186 g/mol. The maximum Gasteiger partial charge on any atom is 0.0587 e. The highest BCUT2D eigenvalue weighted by Gasteiger charge is 2.51. The van der Waals surface area contributed by atoms with E-state index in [1.165, 1.54) is 38.9 Å². The molecule has 1 spiro atoms. The summed E-state index contributed by atoms with van der Waals surface area (Å²) in [5.41, 5.74) is 0.679. The van der Waals surface area contributed by atoms with Crippen LogP contribution in [0.2, 0.25) is 0 Å². The highest BCUT2D eigenvalue weighted by atomic mass is 16.5. The quantitative estimate of drug-likeness (QED) is 0.693. The molecule has 1 saturated carbocycles. The van der Waals surface area contributed by atoms with Crippen molar-refractivity contribution in [2.45, 2.75) is 46.1 Å². The molecule has 1 saturated heterocycles. The number of hydrogen-bond donors (Lipinski definition) is 0. The van der Waals surface area contributed by atoms with Crippen LogP contribution in [0.4, 0.5) is 0 Å². The number of ether oxygens (including phenoxy) is 1. The average Bonchev–Trinajstić information content (AvgIpc) is 2.04. The Morgan fingerprint density at radius 1 is 1.33 bits per heavy atom. The van der Waals surface area contributed by atoms with Gasteiger partial charge in [0.05, 0.1) is 6.10 Å². The molecule has 1 aliphatic carbocycles. The summed E-state index contributed by atoms with van der Waals surface area (Å²) in [4.78, 5) is 2.53. The Balaban J connectivity index is 1.55. The van der Waals surface area contributed by atoms with Crippen molar-refractivity contribution in [1.29, 1.82) is 0 Å². The average molecular weight is 211 g/mol. The molecule has 2 fully saturated rings. The lowest BCUT2D eigenvalue weighted by molar-refractivity contribution is -0.150. The summed E-state index contributed by atoms with van der Waals surface area (Å²) in [6.07, 6.45) is 4.44. The van der Waals surface area contributed by atoms with Gasteiger partial charge >= 0.3 is 0 Å². The van der Waals surface area contributed by atoms with Crippen LogP contribution < -0.4 is 0 Å². The monoisotopic (exact) mass is 211 g/mol. The van der Waals surface area contributed by atoms with Gasteiger partial charge in [0.25, 0.3) is 0 Å². The minimum absolute atomic E-state index is 0.586. The van der Waals surface area contributed by atoms with Crippen molar-refractivity contribution in [3.05, 3.63) is 0 Å². The van der Waals surface area contributed by atoms with Gasteiger partial charge in [-0.25, -0.2) is 0 Å². The summed E-state index contributed by atoms with van der Waals surface area (Å²) < 4.78 is 5.87. The summed E-state index contributed by atoms with van der Waals surface area (Å²) in [6.45, 7) is 11.6. The van der Waals surface area contributed by atoms with Crippen molar-refractivity contribution in [3.63, 3.8) is 0 Å². The highest BCUT2D eigenvalue weighted by Crippen LogP contribution is 2.49. The second kappa shape index (κ2) is 4.42. The van der Waals surface area contributed by atoms with Crippen LogP contribution in [0.25, 0.3) is 0 Å². The molecule has 0 N–H and O–H groups in total. The fraction of sp³-hybridized carbons (Fsp3) is 1.00. The molecule has 2 aliphatic rings. The predicted molar refractivity (Wildman–Crippen MR) is 63.0 cm³/mol. The van der Waals surface area contributed by atoms with E-state index in [2.05, 4.69) is 25.7 Å². The van der Waals surface area contributed by atoms with Crippen LogP contribution in [0.15, 0.2) is 0 Å². The molecule has 88 valence electrons. The molecule has 2 rings (SSSR count). The second-order valence-electron chi connectivity index (χ2n) is 5.89. The lowest BCUT2D eigenvalue weighted by atomic mass is 9.62. The first kappa shape index (κ1) is 11.4. The van der Waals surface area contributed by atoms with Gasteiger partial charge in [-0.05, 0) is 31.7 Å². The second-order valence-corrected chi connectivity index (χ2v) is 5.89. The van der Waals surface area contributed by atoms with Crippen molar-refractivity contribution >= 4 is 0 Å². The van der Waals surface area contributed by atoms with Gasteiger partial charge in [-0.2, -0.15) is 0 Å². The smallest absolute Gasteiger partial charge is 0.0587 e. The molecule has 1 aliphatic heterocycles. The largest absolute Gasteiger partial charge is 0.378 e. The number of rotatable bonds is 5. The van der Waals surface area contributed by atoms with E-state index in [4.69, 9.17) is 4.74 Å². The molecule has 0 aromatic carbocycles. The Labute approximate surface area is 94.0 Å². The first-order chi connectivity index (χ1) is 7.13. The van der Waals surface area contributed by atoms with E-state index in [0.29, 0.717) is 11.5 Å². The molecule has 0 aromatic heterocycles. The minimum Gasteiger partial charge on any atom is -0.378 e. The van der Waals surface area contributed by atoms with Crippen molar-refractivity contribution in [1.82, 2.24) is 4.90 Å². The van der Waals surface area contributed by atoms with Crippen LogP contribution in [0.3, 0.4) is 0 Å². The fourth-order valence-corrected chi connectivity index (χ4v) is 2.88. The van der Waals surface area contributed by atoms with Gasteiger partial charge in [0.1, 0.15) is 0 Å². The third kappa shape index (κ3) is 2.54. The van der Waals surface area contributed by atoms with E-state index in [1.807, 2.05) is 0 Å². The van der Waals surface area contributed by atoms with E-state index < -0.39 is 0 Å². The fourth-order valence-electron chi connectivity index (χ4n) is 2.88. The van der Waals surface area contributed by atoms with Gasteiger partial charge in [0.2, 0.25) is 0 Å². The molecule has 0 aromatic rings. The zero-order valence-electron chi connectivity index (χ0n) is 10.5. The van der Waals surface area contributed by atoms with Crippen LogP contribution in [-0.4, -0.2) is 37.2 Å². The number of hydrogen-bond acceptors (Lipinski definition) is 2. The standard InChI is InChI=1S/C13H25NO/c1-4-14-9-13(10-14)7-12(8-13)15-6-5-11(2)3/h11-12H,4-10H2,1-3H3. The van der Waals surface area contributed by atoms with Gasteiger partial charge in [0.15, 0.2) is 0 Å². The van der Waals surface area contributed by atoms with Gasteiger partial charge < -0.3 is 9.64 Å². The first-order valence-electron chi connectivity index (χ1n) is 6.47. The lowest BCUT2D eigenvalue weighted by Crippen LogP contribution is -2.63. The molecule has 0 radical (unpaired) electrons. The van der Waals surface area contributed by atoms with Crippen LogP contribution in [0.1, 0.15) is 40.0 Å². The number of nitrogens with zero attached hydrogens (tertiary/aromatic N) is 1. The molecular formula is C13H25NO. The van der Waals surface area contributed by atoms with Crippen molar-refractivity contribution in [2.75, 3.05) is 26.2 Å². The Bertz CT molecular complexity index is 201. The zero-order valence-corrected chi connectivity index (χ0v) is 10.5. The van der Waals surface area contributed by atoms with E-state index in [9.17, 15) is 0 Å². The molecule has 15 heavy (non-hydrogen) atoms. The normalized spacial score (nSPS) is 25.6. The molecule has 2 heteroatoms. The molecule has 0 amide bonds. The predicted octanol–water partition coefficient (Wildman–Crippen LogP) is 2.53. The van der Waals surface area contributed by atoms with E-state index in [-0.39, 0.29) is 0 Å². The van der Waals surface area contributed by atoms with Crippen molar-refractivity contribution in [2.24, 2.45) is 11.3 Å². The minimum atomic E-state index is 0.586. The Kier molecular flexibility index (Phi) is 3.36. The lowest BCUT2D eigenvalue weighted by Gasteiger charge is -2.58. The summed E-state index contributed by atoms with van der Waals surface area (Å²) >= 11 is 0. The third-order valence-electron chi connectivity index (χ3n) is 3.94. The van der Waals surface area contributed by atoms with Crippen molar-refractivity contribution < 1.29 is 4.74 Å². The number of likely N-dealkylation sites (tertiary alicyclic amines) is 1. The molecule has 0 atom stereocenters. The van der Waals surface area contributed by atoms with Gasteiger partial charge in [-0.3, -0.25) is 0 Å². The van der Waals surface area contributed by atoms with Gasteiger partial charge in [-0.15, -0.1) is 0 Å². The molecule has 2 nitrogen and oxygen atoms in total. The van der Waals surface area contributed by atoms with E-state index in [1.54, 1.807) is 0 Å². The van der Waals surface area contributed by atoms with Crippen LogP contribution in [-0.2, 0) is 4.74 Å². The Hall–Kier alpha value is -0.0800. The molecule has 0 bridgehead atoms. The summed E-state index contributed by atoms with van der Waals surface area (Å²) in [7, 11) is 0. The molecule has 0 unspecified atom stereocenters. The van der Waals surface area contributed by atoms with Crippen LogP contribution >= 0.6 is 0 Å². The summed E-state index contributed by atoms with van der Waals surface area (Å²) in [5, 5.41) is 0. The maximum atomic E-state index is 5.87.